The van der Waals surface area contributed by atoms with Gasteiger partial charge in [0.25, 0.3) is 0 Å². The molecule has 8 atom stereocenters. The van der Waals surface area contributed by atoms with E-state index < -0.39 is 0 Å². The third-order valence-electron chi connectivity index (χ3n) is 10.0. The molecule has 0 aromatic carbocycles. The van der Waals surface area contributed by atoms with Gasteiger partial charge in [-0.1, -0.05) is 77.0 Å². The summed E-state index contributed by atoms with van der Waals surface area (Å²) in [5.74, 6) is 4.38. The Balaban J connectivity index is 1.57. The standard InChI is InChI=1S/C28H44O/c1-18(2)19(3)7-8-20(4)24-11-12-25-23-10-9-21-17-22(29)13-15-27(21,5)26(23)14-16-28(24,25)6/h7-10,18-20,22,24-26,29H,11-17H2,1-6H3/b8-7+/t19-,20-,22+,24+,25-,26+,27+,28-/m1/s1. The van der Waals surface area contributed by atoms with Gasteiger partial charge in [-0.25, -0.2) is 0 Å². The van der Waals surface area contributed by atoms with E-state index in [0.717, 1.165) is 36.5 Å². The Morgan fingerprint density at radius 3 is 2.41 bits per heavy atom. The van der Waals surface area contributed by atoms with E-state index in [9.17, 15) is 5.11 Å². The van der Waals surface area contributed by atoms with Crippen LogP contribution in [0.25, 0.3) is 0 Å². The fourth-order valence-electron chi connectivity index (χ4n) is 7.59. The molecule has 0 spiro atoms. The first-order chi connectivity index (χ1) is 13.7. The van der Waals surface area contributed by atoms with Gasteiger partial charge in [-0.2, -0.15) is 0 Å². The number of allylic oxidation sites excluding steroid dienone is 5. The molecule has 4 aliphatic carbocycles. The average molecular weight is 397 g/mol. The summed E-state index contributed by atoms with van der Waals surface area (Å²) in [6.45, 7) is 14.6. The van der Waals surface area contributed by atoms with Gasteiger partial charge in [0.2, 0.25) is 0 Å². The first kappa shape index (κ1) is 21.4. The molecule has 4 rings (SSSR count). The Kier molecular flexibility index (Phi) is 5.69. The van der Waals surface area contributed by atoms with E-state index in [1.165, 1.54) is 37.7 Å². The van der Waals surface area contributed by atoms with Crippen LogP contribution in [0.15, 0.2) is 35.5 Å². The zero-order chi connectivity index (χ0) is 21.0. The van der Waals surface area contributed by atoms with Crippen LogP contribution in [-0.4, -0.2) is 11.2 Å². The van der Waals surface area contributed by atoms with E-state index in [4.69, 9.17) is 0 Å². The summed E-state index contributed by atoms with van der Waals surface area (Å²) in [5, 5.41) is 10.2. The molecule has 0 unspecified atom stereocenters. The van der Waals surface area contributed by atoms with Gasteiger partial charge in [0.15, 0.2) is 0 Å². The van der Waals surface area contributed by atoms with Gasteiger partial charge >= 0.3 is 0 Å². The molecule has 0 amide bonds. The molecule has 29 heavy (non-hydrogen) atoms. The second-order valence-corrected chi connectivity index (χ2v) is 11.9. The normalized spacial score (nSPS) is 44.0. The van der Waals surface area contributed by atoms with Gasteiger partial charge < -0.3 is 5.11 Å². The Labute approximate surface area is 179 Å². The summed E-state index contributed by atoms with van der Waals surface area (Å²) >= 11 is 0. The van der Waals surface area contributed by atoms with Crippen LogP contribution in [0.2, 0.25) is 0 Å². The molecule has 0 radical (unpaired) electrons. The molecule has 3 saturated carbocycles. The number of hydrogen-bond acceptors (Lipinski definition) is 1. The number of hydrogen-bond donors (Lipinski definition) is 1. The molecule has 4 aliphatic rings. The van der Waals surface area contributed by atoms with E-state index in [-0.39, 0.29) is 6.10 Å². The van der Waals surface area contributed by atoms with Crippen LogP contribution in [0, 0.1) is 46.3 Å². The molecule has 1 N–H and O–H groups in total. The van der Waals surface area contributed by atoms with Gasteiger partial charge in [0.1, 0.15) is 0 Å². The van der Waals surface area contributed by atoms with E-state index in [1.54, 1.807) is 5.57 Å². The third-order valence-corrected chi connectivity index (χ3v) is 10.0. The first-order valence-electron chi connectivity index (χ1n) is 12.4. The fourth-order valence-corrected chi connectivity index (χ4v) is 7.59. The third kappa shape index (κ3) is 3.50. The van der Waals surface area contributed by atoms with Gasteiger partial charge in [-0.05, 0) is 91.3 Å². The van der Waals surface area contributed by atoms with Gasteiger partial charge in [0, 0.05) is 0 Å². The molecule has 3 fully saturated rings. The summed E-state index contributed by atoms with van der Waals surface area (Å²) in [6, 6.07) is 0. The Morgan fingerprint density at radius 1 is 0.931 bits per heavy atom. The van der Waals surface area contributed by atoms with E-state index in [1.807, 2.05) is 0 Å². The van der Waals surface area contributed by atoms with Crippen molar-refractivity contribution in [3.8, 4) is 0 Å². The lowest BCUT2D eigenvalue weighted by Gasteiger charge is -2.55. The molecule has 0 aromatic heterocycles. The smallest absolute Gasteiger partial charge is 0.0578 e. The average Bonchev–Trinajstić information content (AvgIpc) is 3.03. The highest BCUT2D eigenvalue weighted by molar-refractivity contribution is 5.39. The predicted octanol–water partition coefficient (Wildman–Crippen LogP) is 7.33. The summed E-state index contributed by atoms with van der Waals surface area (Å²) in [5.41, 5.74) is 4.07. The Morgan fingerprint density at radius 2 is 1.69 bits per heavy atom. The molecule has 0 aliphatic heterocycles. The lowest BCUT2D eigenvalue weighted by atomic mass is 9.50. The molecule has 162 valence electrons. The van der Waals surface area contributed by atoms with Crippen LogP contribution >= 0.6 is 0 Å². The van der Waals surface area contributed by atoms with Crippen LogP contribution in [0.1, 0.15) is 86.5 Å². The highest BCUT2D eigenvalue weighted by atomic mass is 16.3. The van der Waals surface area contributed by atoms with Crippen molar-refractivity contribution in [3.05, 3.63) is 35.5 Å². The minimum Gasteiger partial charge on any atom is -0.393 e. The van der Waals surface area contributed by atoms with Crippen molar-refractivity contribution in [1.82, 2.24) is 0 Å². The molecule has 0 bridgehead atoms. The van der Waals surface area contributed by atoms with Crippen molar-refractivity contribution < 1.29 is 5.11 Å². The van der Waals surface area contributed by atoms with Crippen molar-refractivity contribution in [2.24, 2.45) is 46.3 Å². The number of aliphatic hydroxyl groups excluding tert-OH is 1. The summed E-state index contributed by atoms with van der Waals surface area (Å²) in [6.07, 6.45) is 18.4. The van der Waals surface area contributed by atoms with Crippen LogP contribution in [0.3, 0.4) is 0 Å². The quantitative estimate of drug-likeness (QED) is 0.493. The van der Waals surface area contributed by atoms with Crippen molar-refractivity contribution in [1.29, 1.82) is 0 Å². The highest BCUT2D eigenvalue weighted by Gasteiger charge is 2.56. The number of rotatable bonds is 4. The zero-order valence-corrected chi connectivity index (χ0v) is 19.7. The molecule has 1 nitrogen and oxygen atoms in total. The lowest BCUT2D eigenvalue weighted by Crippen LogP contribution is -2.46. The lowest BCUT2D eigenvalue weighted by molar-refractivity contribution is 0.0382. The van der Waals surface area contributed by atoms with E-state index >= 15 is 0 Å². The number of aliphatic hydroxyl groups is 1. The van der Waals surface area contributed by atoms with Crippen LogP contribution in [-0.2, 0) is 0 Å². The van der Waals surface area contributed by atoms with Crippen molar-refractivity contribution in [2.45, 2.75) is 92.6 Å². The topological polar surface area (TPSA) is 20.2 Å². The minimum absolute atomic E-state index is 0.116. The maximum atomic E-state index is 10.2. The molecule has 1 heteroatoms. The Bertz CT molecular complexity index is 712. The van der Waals surface area contributed by atoms with Crippen molar-refractivity contribution in [2.75, 3.05) is 0 Å². The van der Waals surface area contributed by atoms with Crippen molar-refractivity contribution in [3.63, 3.8) is 0 Å². The Hall–Kier alpha value is -0.820. The summed E-state index contributed by atoms with van der Waals surface area (Å²) < 4.78 is 0. The molecule has 0 aromatic rings. The molecule has 0 saturated heterocycles. The second-order valence-electron chi connectivity index (χ2n) is 11.9. The van der Waals surface area contributed by atoms with Crippen LogP contribution in [0.4, 0.5) is 0 Å². The SMILES string of the molecule is CC(C)[C@H](C)/C=C/[C@@H](C)[C@@H]1CC[C@@H]2C3=CC=C4C[C@@H](O)CC[C@]4(C)[C@H]3CC[C@@]21C. The monoisotopic (exact) mass is 396 g/mol. The van der Waals surface area contributed by atoms with Crippen LogP contribution < -0.4 is 0 Å². The van der Waals surface area contributed by atoms with E-state index in [0.29, 0.717) is 22.7 Å². The summed E-state index contributed by atoms with van der Waals surface area (Å²) in [4.78, 5) is 0. The first-order valence-corrected chi connectivity index (χ1v) is 12.4. The van der Waals surface area contributed by atoms with Crippen LogP contribution in [0.5, 0.6) is 0 Å². The maximum absolute atomic E-state index is 10.2. The van der Waals surface area contributed by atoms with E-state index in [2.05, 4.69) is 65.8 Å². The minimum atomic E-state index is -0.116. The zero-order valence-electron chi connectivity index (χ0n) is 19.7. The maximum Gasteiger partial charge on any atom is 0.0578 e. The largest absolute Gasteiger partial charge is 0.393 e. The number of fused-ring (bicyclic) bond motifs is 5. The predicted molar refractivity (Wildman–Crippen MR) is 123 cm³/mol. The van der Waals surface area contributed by atoms with Gasteiger partial charge in [-0.15, -0.1) is 0 Å². The van der Waals surface area contributed by atoms with Crippen molar-refractivity contribution >= 4 is 0 Å². The van der Waals surface area contributed by atoms with Gasteiger partial charge in [-0.3, -0.25) is 0 Å². The molecular formula is C28H44O. The molecular weight excluding hydrogens is 352 g/mol. The second kappa shape index (κ2) is 7.70. The fraction of sp³-hybridized carbons (Fsp3) is 0.786. The summed E-state index contributed by atoms with van der Waals surface area (Å²) in [7, 11) is 0. The van der Waals surface area contributed by atoms with Gasteiger partial charge in [0.05, 0.1) is 6.10 Å². The highest BCUT2D eigenvalue weighted by Crippen LogP contribution is 2.65. The molecule has 0 heterocycles.